The second-order valence-corrected chi connectivity index (χ2v) is 5.19. The number of guanidine groups is 1. The van der Waals surface area contributed by atoms with Crippen molar-refractivity contribution in [3.05, 3.63) is 0 Å². The third-order valence-corrected chi connectivity index (χ3v) is 2.11. The van der Waals surface area contributed by atoms with E-state index in [0.717, 1.165) is 38.5 Å². The number of ether oxygens (including phenoxy) is 1. The summed E-state index contributed by atoms with van der Waals surface area (Å²) in [4.78, 5) is 4.55. The first kappa shape index (κ1) is 20.3. The predicted molar refractivity (Wildman–Crippen MR) is 90.0 cm³/mol. The van der Waals surface area contributed by atoms with Crippen molar-refractivity contribution in [2.24, 2.45) is 4.99 Å². The third-order valence-electron chi connectivity index (χ3n) is 2.11. The molecule has 0 saturated heterocycles. The molecule has 18 heavy (non-hydrogen) atoms. The van der Waals surface area contributed by atoms with E-state index in [-0.39, 0.29) is 29.5 Å². The summed E-state index contributed by atoms with van der Waals surface area (Å²) in [6.07, 6.45) is 3.41. The van der Waals surface area contributed by atoms with E-state index in [1.807, 2.05) is 0 Å². The molecule has 0 unspecified atom stereocenters. The zero-order valence-corrected chi connectivity index (χ0v) is 14.8. The summed E-state index contributed by atoms with van der Waals surface area (Å²) < 4.78 is 5.01. The summed E-state index contributed by atoms with van der Waals surface area (Å²) in [6.45, 7) is 11.1. The smallest absolute Gasteiger partial charge is 0.191 e. The fourth-order valence-electron chi connectivity index (χ4n) is 1.39. The van der Waals surface area contributed by atoms with Crippen molar-refractivity contribution >= 4 is 29.9 Å². The number of aliphatic imine (C=N–C) groups is 1. The van der Waals surface area contributed by atoms with E-state index >= 15 is 0 Å². The fraction of sp³-hybridized carbons (Fsp3) is 0.923. The van der Waals surface area contributed by atoms with Crippen molar-refractivity contribution in [1.82, 2.24) is 10.6 Å². The highest BCUT2D eigenvalue weighted by Crippen LogP contribution is 1.99. The van der Waals surface area contributed by atoms with E-state index in [1.54, 1.807) is 7.11 Å². The molecule has 0 aromatic heterocycles. The highest BCUT2D eigenvalue weighted by atomic mass is 127. The van der Waals surface area contributed by atoms with Crippen molar-refractivity contribution < 1.29 is 4.74 Å². The number of methoxy groups -OCH3 is 1. The van der Waals surface area contributed by atoms with Crippen LogP contribution >= 0.6 is 24.0 Å². The molecule has 0 aromatic carbocycles. The van der Waals surface area contributed by atoms with Crippen molar-refractivity contribution in [2.45, 2.75) is 52.5 Å². The summed E-state index contributed by atoms with van der Waals surface area (Å²) in [6, 6.07) is 0. The lowest BCUT2D eigenvalue weighted by Crippen LogP contribution is -2.47. The first-order valence-corrected chi connectivity index (χ1v) is 6.55. The molecule has 0 rings (SSSR count). The largest absolute Gasteiger partial charge is 0.385 e. The van der Waals surface area contributed by atoms with E-state index in [4.69, 9.17) is 4.74 Å². The SMILES string of the molecule is CCNC(=NCCCCCOC)NC(C)(C)C.I. The molecule has 0 spiro atoms. The van der Waals surface area contributed by atoms with Crippen LogP contribution in [-0.2, 0) is 4.74 Å². The molecule has 0 radical (unpaired) electrons. The van der Waals surface area contributed by atoms with Crippen LogP contribution in [0.4, 0.5) is 0 Å². The maximum Gasteiger partial charge on any atom is 0.191 e. The van der Waals surface area contributed by atoms with Crippen LogP contribution in [0.2, 0.25) is 0 Å². The van der Waals surface area contributed by atoms with Gasteiger partial charge in [-0.2, -0.15) is 0 Å². The van der Waals surface area contributed by atoms with Crippen LogP contribution in [0.3, 0.4) is 0 Å². The van der Waals surface area contributed by atoms with Crippen LogP contribution in [0, 0.1) is 0 Å². The number of hydrogen-bond donors (Lipinski definition) is 2. The Kier molecular flexibility index (Phi) is 13.5. The van der Waals surface area contributed by atoms with Gasteiger partial charge in [-0.25, -0.2) is 0 Å². The molecule has 5 heteroatoms. The molecule has 110 valence electrons. The maximum atomic E-state index is 5.01. The van der Waals surface area contributed by atoms with Crippen LogP contribution in [0.5, 0.6) is 0 Å². The molecule has 2 N–H and O–H groups in total. The predicted octanol–water partition coefficient (Wildman–Crippen LogP) is 2.77. The van der Waals surface area contributed by atoms with Crippen LogP contribution in [-0.4, -0.2) is 38.3 Å². The van der Waals surface area contributed by atoms with Crippen molar-refractivity contribution in [3.8, 4) is 0 Å². The summed E-state index contributed by atoms with van der Waals surface area (Å²) in [7, 11) is 1.74. The standard InChI is InChI=1S/C13H29N3O.HI/c1-6-14-12(16-13(2,3)4)15-10-8-7-9-11-17-5;/h6-11H2,1-5H3,(H2,14,15,16);1H. The maximum absolute atomic E-state index is 5.01. The van der Waals surface area contributed by atoms with Gasteiger partial charge in [-0.1, -0.05) is 0 Å². The normalized spacial score (nSPS) is 11.9. The minimum absolute atomic E-state index is 0. The lowest BCUT2D eigenvalue weighted by Gasteiger charge is -2.23. The molecule has 0 amide bonds. The lowest BCUT2D eigenvalue weighted by atomic mass is 10.1. The van der Waals surface area contributed by atoms with Gasteiger partial charge in [0.15, 0.2) is 5.96 Å². The number of halogens is 1. The molecule has 0 saturated carbocycles. The third kappa shape index (κ3) is 14.0. The fourth-order valence-corrected chi connectivity index (χ4v) is 1.39. The first-order chi connectivity index (χ1) is 7.99. The van der Waals surface area contributed by atoms with Crippen molar-refractivity contribution in [3.63, 3.8) is 0 Å². The molecule has 4 nitrogen and oxygen atoms in total. The van der Waals surface area contributed by atoms with Crippen LogP contribution in [0.15, 0.2) is 4.99 Å². The van der Waals surface area contributed by atoms with Crippen molar-refractivity contribution in [2.75, 3.05) is 26.8 Å². The van der Waals surface area contributed by atoms with Gasteiger partial charge in [-0.15, -0.1) is 24.0 Å². The Morgan fingerprint density at radius 3 is 2.33 bits per heavy atom. The monoisotopic (exact) mass is 371 g/mol. The summed E-state index contributed by atoms with van der Waals surface area (Å²) >= 11 is 0. The highest BCUT2D eigenvalue weighted by Gasteiger charge is 2.11. The van der Waals surface area contributed by atoms with E-state index in [1.165, 1.54) is 6.42 Å². The topological polar surface area (TPSA) is 45.7 Å². The Bertz CT molecular complexity index is 215. The molecule has 0 aliphatic carbocycles. The zero-order chi connectivity index (χ0) is 13.1. The quantitative estimate of drug-likeness (QED) is 0.313. The van der Waals surface area contributed by atoms with Crippen molar-refractivity contribution in [1.29, 1.82) is 0 Å². The van der Waals surface area contributed by atoms with Gasteiger partial charge < -0.3 is 15.4 Å². The molecule has 0 atom stereocenters. The summed E-state index contributed by atoms with van der Waals surface area (Å²) in [5.74, 6) is 0.909. The molecule has 0 aliphatic rings. The average Bonchev–Trinajstić information content (AvgIpc) is 2.21. The van der Waals surface area contributed by atoms with E-state index in [2.05, 4.69) is 43.3 Å². The Labute approximate surface area is 129 Å². The minimum atomic E-state index is 0. The molecule has 0 fully saturated rings. The van der Waals surface area contributed by atoms with Gasteiger partial charge in [0.1, 0.15) is 0 Å². The van der Waals surface area contributed by atoms with Gasteiger partial charge in [0.25, 0.3) is 0 Å². The molecule has 0 aromatic rings. The minimum Gasteiger partial charge on any atom is -0.385 e. The number of hydrogen-bond acceptors (Lipinski definition) is 2. The van der Waals surface area contributed by atoms with Crippen LogP contribution < -0.4 is 10.6 Å². The van der Waals surface area contributed by atoms with Gasteiger partial charge in [-0.05, 0) is 47.0 Å². The Morgan fingerprint density at radius 1 is 1.17 bits per heavy atom. The number of rotatable bonds is 7. The van der Waals surface area contributed by atoms with Crippen LogP contribution in [0.25, 0.3) is 0 Å². The number of unbranched alkanes of at least 4 members (excludes halogenated alkanes) is 2. The average molecular weight is 371 g/mol. The second-order valence-electron chi connectivity index (χ2n) is 5.19. The van der Waals surface area contributed by atoms with E-state index in [9.17, 15) is 0 Å². The first-order valence-electron chi connectivity index (χ1n) is 6.55. The van der Waals surface area contributed by atoms with Crippen LogP contribution in [0.1, 0.15) is 47.0 Å². The van der Waals surface area contributed by atoms with E-state index in [0.29, 0.717) is 0 Å². The van der Waals surface area contributed by atoms with Gasteiger partial charge in [0.05, 0.1) is 0 Å². The summed E-state index contributed by atoms with van der Waals surface area (Å²) in [5, 5.41) is 6.63. The van der Waals surface area contributed by atoms with Gasteiger partial charge in [-0.3, -0.25) is 4.99 Å². The number of nitrogens with one attached hydrogen (secondary N) is 2. The Balaban J connectivity index is 0. The van der Waals surface area contributed by atoms with Gasteiger partial charge in [0, 0.05) is 32.3 Å². The molecular formula is C13H30IN3O. The highest BCUT2D eigenvalue weighted by molar-refractivity contribution is 14.0. The molecule has 0 bridgehead atoms. The second kappa shape index (κ2) is 12.0. The van der Waals surface area contributed by atoms with Gasteiger partial charge >= 0.3 is 0 Å². The lowest BCUT2D eigenvalue weighted by molar-refractivity contribution is 0.192. The summed E-state index contributed by atoms with van der Waals surface area (Å²) in [5.41, 5.74) is 0.0526. The molecule has 0 heterocycles. The Hall–Kier alpha value is -0.0400. The number of nitrogens with zero attached hydrogens (tertiary/aromatic N) is 1. The van der Waals surface area contributed by atoms with E-state index < -0.39 is 0 Å². The molecular weight excluding hydrogens is 341 g/mol. The van der Waals surface area contributed by atoms with Gasteiger partial charge in [0.2, 0.25) is 0 Å². The zero-order valence-electron chi connectivity index (χ0n) is 12.5. The Morgan fingerprint density at radius 2 is 1.83 bits per heavy atom. The molecule has 0 aliphatic heterocycles.